The van der Waals surface area contributed by atoms with Crippen molar-refractivity contribution in [3.8, 4) is 0 Å². The van der Waals surface area contributed by atoms with E-state index in [1.807, 2.05) is 66.7 Å². The summed E-state index contributed by atoms with van der Waals surface area (Å²) in [4.78, 5) is 43.9. The summed E-state index contributed by atoms with van der Waals surface area (Å²) >= 11 is 0. The SMILES string of the molecule is C[C@H](/C=C/CC(=O)N(CCO)Cc1ccccc1)[C@@]1(O)C(=O)N(Cc2ccccc2)c2ccc(N3CCC3=O)cc21. The van der Waals surface area contributed by atoms with Crippen molar-refractivity contribution in [2.24, 2.45) is 5.92 Å². The molecule has 1 fully saturated rings. The van der Waals surface area contributed by atoms with Crippen LogP contribution in [-0.4, -0.2) is 52.5 Å². The number of benzene rings is 3. The highest BCUT2D eigenvalue weighted by Gasteiger charge is 2.52. The number of nitrogens with zero attached hydrogens (tertiary/aromatic N) is 3. The van der Waals surface area contributed by atoms with Crippen LogP contribution in [0.5, 0.6) is 0 Å². The van der Waals surface area contributed by atoms with Crippen molar-refractivity contribution in [3.05, 3.63) is 108 Å². The molecule has 0 radical (unpaired) electrons. The highest BCUT2D eigenvalue weighted by atomic mass is 16.3. The molecule has 2 heterocycles. The predicted molar refractivity (Wildman–Crippen MR) is 157 cm³/mol. The zero-order valence-corrected chi connectivity index (χ0v) is 23.1. The zero-order chi connectivity index (χ0) is 29.0. The van der Waals surface area contributed by atoms with Crippen LogP contribution in [0.2, 0.25) is 0 Å². The van der Waals surface area contributed by atoms with E-state index in [-0.39, 0.29) is 31.4 Å². The van der Waals surface area contributed by atoms with Crippen LogP contribution in [0.1, 0.15) is 36.5 Å². The van der Waals surface area contributed by atoms with Gasteiger partial charge in [-0.05, 0) is 29.3 Å². The molecule has 3 amide bonds. The number of hydrogen-bond donors (Lipinski definition) is 2. The largest absolute Gasteiger partial charge is 0.395 e. The predicted octanol–water partition coefficient (Wildman–Crippen LogP) is 3.76. The number of amides is 3. The van der Waals surface area contributed by atoms with Crippen LogP contribution in [0.3, 0.4) is 0 Å². The molecule has 5 rings (SSSR count). The lowest BCUT2D eigenvalue weighted by Crippen LogP contribution is -2.45. The van der Waals surface area contributed by atoms with Gasteiger partial charge in [-0.2, -0.15) is 0 Å². The second-order valence-corrected chi connectivity index (χ2v) is 10.6. The topological polar surface area (TPSA) is 101 Å². The van der Waals surface area contributed by atoms with Gasteiger partial charge in [0.1, 0.15) is 0 Å². The first-order valence-electron chi connectivity index (χ1n) is 13.9. The van der Waals surface area contributed by atoms with E-state index in [4.69, 9.17) is 0 Å². The molecule has 8 nitrogen and oxygen atoms in total. The first kappa shape index (κ1) is 28.3. The van der Waals surface area contributed by atoms with E-state index in [9.17, 15) is 24.6 Å². The van der Waals surface area contributed by atoms with Gasteiger partial charge in [-0.3, -0.25) is 14.4 Å². The second-order valence-electron chi connectivity index (χ2n) is 10.6. The third-order valence-corrected chi connectivity index (χ3v) is 7.91. The number of rotatable bonds is 11. The lowest BCUT2D eigenvalue weighted by Gasteiger charge is -2.32. The number of fused-ring (bicyclic) bond motifs is 1. The Kier molecular flexibility index (Phi) is 8.33. The fourth-order valence-corrected chi connectivity index (χ4v) is 5.47. The number of carbonyl (C=O) groups is 3. The van der Waals surface area contributed by atoms with Crippen LogP contribution < -0.4 is 9.80 Å². The van der Waals surface area contributed by atoms with Gasteiger partial charge in [-0.1, -0.05) is 79.7 Å². The molecular formula is C33H35N3O5. The number of aliphatic hydroxyl groups excluding tert-OH is 1. The normalized spacial score (nSPS) is 18.9. The zero-order valence-electron chi connectivity index (χ0n) is 23.1. The van der Waals surface area contributed by atoms with Gasteiger partial charge in [0.05, 0.1) is 18.8 Å². The Bertz CT molecular complexity index is 1440. The fraction of sp³-hybridized carbons (Fsp3) is 0.303. The van der Waals surface area contributed by atoms with Gasteiger partial charge in [0.15, 0.2) is 5.60 Å². The highest BCUT2D eigenvalue weighted by molar-refractivity contribution is 6.08. The van der Waals surface area contributed by atoms with Crippen molar-refractivity contribution in [2.75, 3.05) is 29.5 Å². The molecule has 3 aromatic rings. The van der Waals surface area contributed by atoms with E-state index in [0.29, 0.717) is 43.0 Å². The van der Waals surface area contributed by atoms with Crippen molar-refractivity contribution in [2.45, 2.75) is 38.5 Å². The van der Waals surface area contributed by atoms with Gasteiger partial charge in [0.25, 0.3) is 5.91 Å². The third-order valence-electron chi connectivity index (χ3n) is 7.91. The molecule has 2 aliphatic rings. The van der Waals surface area contributed by atoms with Gasteiger partial charge < -0.3 is 24.9 Å². The van der Waals surface area contributed by atoms with Crippen LogP contribution in [0.25, 0.3) is 0 Å². The Morgan fingerprint density at radius 2 is 1.71 bits per heavy atom. The summed E-state index contributed by atoms with van der Waals surface area (Å²) in [5, 5.41) is 21.6. The maximum absolute atomic E-state index is 13.9. The molecule has 2 atom stereocenters. The maximum atomic E-state index is 13.9. The summed E-state index contributed by atoms with van der Waals surface area (Å²) in [6, 6.07) is 24.5. The maximum Gasteiger partial charge on any atom is 0.264 e. The standard InChI is InChI=1S/C33H35N3O5/c1-24(9-8-14-30(38)34(19-20-37)22-25-10-4-2-5-11-25)33(41)28-21-27(35-18-17-31(35)39)15-16-29(28)36(32(33)40)23-26-12-6-3-7-13-26/h2-13,15-16,21,24,37,41H,14,17-20,22-23H2,1H3/b9-8+/t24-,33+/m1/s1. The summed E-state index contributed by atoms with van der Waals surface area (Å²) in [7, 11) is 0. The van der Waals surface area contributed by atoms with Crippen LogP contribution >= 0.6 is 0 Å². The van der Waals surface area contributed by atoms with Crippen molar-refractivity contribution >= 4 is 29.1 Å². The Labute approximate surface area is 240 Å². The van der Waals surface area contributed by atoms with Gasteiger partial charge in [-0.25, -0.2) is 0 Å². The molecular weight excluding hydrogens is 518 g/mol. The quantitative estimate of drug-likeness (QED) is 0.278. The lowest BCUT2D eigenvalue weighted by atomic mass is 9.82. The van der Waals surface area contributed by atoms with Gasteiger partial charge >= 0.3 is 0 Å². The molecule has 0 bridgehead atoms. The van der Waals surface area contributed by atoms with Gasteiger partial charge in [0.2, 0.25) is 11.8 Å². The molecule has 0 aliphatic carbocycles. The molecule has 8 heteroatoms. The van der Waals surface area contributed by atoms with Crippen LogP contribution in [0.4, 0.5) is 11.4 Å². The molecule has 1 saturated heterocycles. The van der Waals surface area contributed by atoms with E-state index >= 15 is 0 Å². The average molecular weight is 554 g/mol. The van der Waals surface area contributed by atoms with E-state index in [1.54, 1.807) is 45.9 Å². The summed E-state index contributed by atoms with van der Waals surface area (Å²) in [6.07, 6.45) is 3.91. The number of aliphatic hydroxyl groups is 2. The van der Waals surface area contributed by atoms with Crippen molar-refractivity contribution in [1.29, 1.82) is 0 Å². The molecule has 2 N–H and O–H groups in total. The van der Waals surface area contributed by atoms with Crippen LogP contribution in [0, 0.1) is 5.92 Å². The van der Waals surface area contributed by atoms with E-state index in [1.165, 1.54) is 0 Å². The summed E-state index contributed by atoms with van der Waals surface area (Å²) in [6.45, 7) is 3.09. The first-order valence-corrected chi connectivity index (χ1v) is 13.9. The van der Waals surface area contributed by atoms with E-state index < -0.39 is 17.4 Å². The van der Waals surface area contributed by atoms with Gasteiger partial charge in [0, 0.05) is 49.6 Å². The van der Waals surface area contributed by atoms with Crippen molar-refractivity contribution in [3.63, 3.8) is 0 Å². The minimum atomic E-state index is -1.87. The third kappa shape index (κ3) is 5.66. The van der Waals surface area contributed by atoms with Gasteiger partial charge in [-0.15, -0.1) is 0 Å². The molecule has 212 valence electrons. The van der Waals surface area contributed by atoms with Crippen LogP contribution in [0.15, 0.2) is 91.0 Å². The van der Waals surface area contributed by atoms with E-state index in [2.05, 4.69) is 0 Å². The molecule has 0 unspecified atom stereocenters. The minimum Gasteiger partial charge on any atom is -0.395 e. The lowest BCUT2D eigenvalue weighted by molar-refractivity contribution is -0.139. The van der Waals surface area contributed by atoms with Crippen molar-refractivity contribution in [1.82, 2.24) is 4.90 Å². The average Bonchev–Trinajstić information content (AvgIpc) is 3.19. The second kappa shape index (κ2) is 12.1. The Hall–Kier alpha value is -4.27. The molecule has 41 heavy (non-hydrogen) atoms. The fourth-order valence-electron chi connectivity index (χ4n) is 5.47. The Morgan fingerprint density at radius 3 is 2.32 bits per heavy atom. The number of carbonyl (C=O) groups excluding carboxylic acids is 3. The summed E-state index contributed by atoms with van der Waals surface area (Å²) in [5.74, 6) is -1.27. The molecule has 3 aromatic carbocycles. The number of β-lactam (4-membered cyclic amide) rings is 1. The monoisotopic (exact) mass is 553 g/mol. The number of anilines is 2. The Balaban J connectivity index is 1.38. The highest BCUT2D eigenvalue weighted by Crippen LogP contribution is 2.47. The summed E-state index contributed by atoms with van der Waals surface area (Å²) < 4.78 is 0. The molecule has 2 aliphatic heterocycles. The number of hydrogen-bond acceptors (Lipinski definition) is 5. The first-order chi connectivity index (χ1) is 19.8. The van der Waals surface area contributed by atoms with E-state index in [0.717, 1.165) is 11.1 Å². The molecule has 0 saturated carbocycles. The minimum absolute atomic E-state index is 0.00773. The van der Waals surface area contributed by atoms with Crippen molar-refractivity contribution < 1.29 is 24.6 Å². The summed E-state index contributed by atoms with van der Waals surface area (Å²) in [5.41, 5.74) is 1.72. The van der Waals surface area contributed by atoms with Crippen LogP contribution in [-0.2, 0) is 33.1 Å². The molecule has 0 spiro atoms. The smallest absolute Gasteiger partial charge is 0.264 e. The molecule has 0 aromatic heterocycles. The Morgan fingerprint density at radius 1 is 1.02 bits per heavy atom.